The second-order valence-corrected chi connectivity index (χ2v) is 9.86. The summed E-state index contributed by atoms with van der Waals surface area (Å²) in [4.78, 5) is 50.8. The first kappa shape index (κ1) is 31.4. The van der Waals surface area contributed by atoms with Crippen LogP contribution in [0.4, 0.5) is 0 Å². The largest absolute Gasteiger partial charge is 0.480 e. The van der Waals surface area contributed by atoms with Crippen LogP contribution in [0.2, 0.25) is 0 Å². The molecule has 0 bridgehead atoms. The highest BCUT2D eigenvalue weighted by Crippen LogP contribution is 2.37. The van der Waals surface area contributed by atoms with E-state index >= 15 is 0 Å². The van der Waals surface area contributed by atoms with E-state index in [1.54, 1.807) is 19.9 Å². The van der Waals surface area contributed by atoms with Gasteiger partial charge < -0.3 is 25.4 Å². The van der Waals surface area contributed by atoms with E-state index in [-0.39, 0.29) is 24.8 Å². The van der Waals surface area contributed by atoms with Gasteiger partial charge in [0.05, 0.1) is 6.42 Å². The van der Waals surface area contributed by atoms with Gasteiger partial charge in [-0.15, -0.1) is 0 Å². The molecule has 1 heterocycles. The summed E-state index contributed by atoms with van der Waals surface area (Å²) in [6.45, 7) is 8.69. The maximum Gasteiger partial charge on any atom is 0.326 e. The zero-order chi connectivity index (χ0) is 26.2. The van der Waals surface area contributed by atoms with Crippen LogP contribution in [0.5, 0.6) is 5.75 Å². The first-order valence-corrected chi connectivity index (χ1v) is 12.3. The van der Waals surface area contributed by atoms with Gasteiger partial charge in [0, 0.05) is 18.9 Å². The zero-order valence-electron chi connectivity index (χ0n) is 21.9. The van der Waals surface area contributed by atoms with E-state index in [9.17, 15) is 24.3 Å². The smallest absolute Gasteiger partial charge is 0.326 e. The highest BCUT2D eigenvalue weighted by atomic mass is 32.1. The van der Waals surface area contributed by atoms with E-state index in [0.29, 0.717) is 5.75 Å². The Hall–Kier alpha value is -2.59. The molecule has 10 heteroatoms. The van der Waals surface area contributed by atoms with Gasteiger partial charge in [0.25, 0.3) is 0 Å². The van der Waals surface area contributed by atoms with Crippen molar-refractivity contribution in [3.8, 4) is 5.75 Å². The normalized spacial score (nSPS) is 19.8. The minimum absolute atomic E-state index is 0. The highest BCUT2D eigenvalue weighted by molar-refractivity contribution is 7.59. The summed E-state index contributed by atoms with van der Waals surface area (Å²) in [5, 5.41) is 14.2. The fourth-order valence-corrected chi connectivity index (χ4v) is 4.70. The lowest BCUT2D eigenvalue weighted by molar-refractivity contribution is -0.144. The maximum absolute atomic E-state index is 12.7. The van der Waals surface area contributed by atoms with Gasteiger partial charge in [-0.1, -0.05) is 39.3 Å². The summed E-state index contributed by atoms with van der Waals surface area (Å²) < 4.78 is 5.56. The van der Waals surface area contributed by atoms with Crippen LogP contribution >= 0.6 is 13.5 Å². The quantitative estimate of drug-likeness (QED) is 0.318. The topological polar surface area (TPSA) is 125 Å². The summed E-state index contributed by atoms with van der Waals surface area (Å²) in [7, 11) is 2.13. The van der Waals surface area contributed by atoms with Crippen molar-refractivity contribution in [2.24, 2.45) is 5.92 Å². The van der Waals surface area contributed by atoms with E-state index in [2.05, 4.69) is 35.6 Å². The number of benzene rings is 1. The number of carbonyl (C=O) groups excluding carboxylic acids is 3. The Balaban J connectivity index is 0.00000648. The molecule has 0 aromatic heterocycles. The number of ether oxygens (including phenoxy) is 1. The van der Waals surface area contributed by atoms with Gasteiger partial charge in [0.2, 0.25) is 11.8 Å². The Kier molecular flexibility index (Phi) is 12.4. The molecular weight excluding hydrogens is 482 g/mol. The summed E-state index contributed by atoms with van der Waals surface area (Å²) in [5.74, 6) is -3.16. The van der Waals surface area contributed by atoms with E-state index in [0.717, 1.165) is 44.3 Å². The van der Waals surface area contributed by atoms with Crippen molar-refractivity contribution in [1.29, 1.82) is 0 Å². The van der Waals surface area contributed by atoms with E-state index < -0.39 is 42.3 Å². The third-order valence-electron chi connectivity index (χ3n) is 6.67. The number of aliphatic carboxylic acids is 1. The molecule has 0 radical (unpaired) electrons. The first-order valence-electron chi connectivity index (χ1n) is 12.3. The average Bonchev–Trinajstić information content (AvgIpc) is 2.98. The Morgan fingerprint density at radius 1 is 1.17 bits per heavy atom. The molecular formula is C26H41N3O6S. The third kappa shape index (κ3) is 8.81. The van der Waals surface area contributed by atoms with Gasteiger partial charge in [-0.25, -0.2) is 4.79 Å². The number of likely N-dealkylation sites (N-methyl/N-ethyl adjacent to an activating group) is 1. The lowest BCUT2D eigenvalue weighted by atomic mass is 9.74. The van der Waals surface area contributed by atoms with Crippen molar-refractivity contribution in [1.82, 2.24) is 15.5 Å². The lowest BCUT2D eigenvalue weighted by Gasteiger charge is -2.35. The number of nitrogens with one attached hydrogen (secondary N) is 2. The maximum atomic E-state index is 12.7. The third-order valence-corrected chi connectivity index (χ3v) is 6.67. The Morgan fingerprint density at radius 3 is 2.44 bits per heavy atom. The molecule has 2 amide bonds. The van der Waals surface area contributed by atoms with Gasteiger partial charge in [-0.05, 0) is 56.5 Å². The summed E-state index contributed by atoms with van der Waals surface area (Å²) >= 11 is 0. The molecule has 202 valence electrons. The number of carbonyl (C=O) groups is 4. The first-order chi connectivity index (χ1) is 16.5. The fourth-order valence-electron chi connectivity index (χ4n) is 4.70. The van der Waals surface area contributed by atoms with Crippen molar-refractivity contribution in [3.05, 3.63) is 29.8 Å². The Labute approximate surface area is 220 Å². The van der Waals surface area contributed by atoms with Crippen LogP contribution < -0.4 is 15.4 Å². The number of rotatable bonds is 10. The number of carboxylic acid groups (broad SMARTS) is 1. The molecule has 1 saturated heterocycles. The molecule has 3 N–H and O–H groups in total. The molecule has 0 saturated carbocycles. The standard InChI is InChI=1S/C26H39N3O6.H2S/c1-6-26(12-7-8-13-29(5)16-26)19-10-9-11-20(14-19)35-22(31)15-21(27-18(4)30)24(32)28-23(17(2)3)25(33)34;/h9-11,14,17,21,23H,6-8,12-13,15-16H2,1-5H3,(H,27,30)(H,28,32)(H,33,34);1H2. The fraction of sp³-hybridized carbons (Fsp3) is 0.615. The van der Waals surface area contributed by atoms with E-state index in [1.165, 1.54) is 6.92 Å². The van der Waals surface area contributed by atoms with Crippen LogP contribution in [0.1, 0.15) is 65.4 Å². The van der Waals surface area contributed by atoms with Crippen LogP contribution in [0.15, 0.2) is 24.3 Å². The lowest BCUT2D eigenvalue weighted by Crippen LogP contribution is -2.53. The number of hydrogen-bond acceptors (Lipinski definition) is 6. The van der Waals surface area contributed by atoms with Crippen molar-refractivity contribution >= 4 is 37.2 Å². The van der Waals surface area contributed by atoms with Crippen molar-refractivity contribution in [2.75, 3.05) is 20.1 Å². The van der Waals surface area contributed by atoms with Crippen molar-refractivity contribution in [3.63, 3.8) is 0 Å². The van der Waals surface area contributed by atoms with Gasteiger partial charge >= 0.3 is 11.9 Å². The van der Waals surface area contributed by atoms with Gasteiger partial charge in [0.1, 0.15) is 17.8 Å². The number of nitrogens with zero attached hydrogens (tertiary/aromatic N) is 1. The van der Waals surface area contributed by atoms with Crippen LogP contribution in [0.3, 0.4) is 0 Å². The molecule has 2 rings (SSSR count). The number of amides is 2. The van der Waals surface area contributed by atoms with Crippen LogP contribution in [-0.2, 0) is 24.6 Å². The summed E-state index contributed by atoms with van der Waals surface area (Å²) in [6, 6.07) is 5.10. The van der Waals surface area contributed by atoms with Gasteiger partial charge in [-0.3, -0.25) is 14.4 Å². The predicted octanol–water partition coefficient (Wildman–Crippen LogP) is 2.59. The molecule has 3 atom stereocenters. The van der Waals surface area contributed by atoms with Gasteiger partial charge in [-0.2, -0.15) is 13.5 Å². The second-order valence-electron chi connectivity index (χ2n) is 9.86. The predicted molar refractivity (Wildman–Crippen MR) is 142 cm³/mol. The molecule has 1 aromatic carbocycles. The van der Waals surface area contributed by atoms with Crippen LogP contribution in [0, 0.1) is 5.92 Å². The number of hydrogen-bond donors (Lipinski definition) is 3. The average molecular weight is 524 g/mol. The number of esters is 1. The molecule has 1 aliphatic heterocycles. The highest BCUT2D eigenvalue weighted by Gasteiger charge is 2.34. The van der Waals surface area contributed by atoms with Crippen LogP contribution in [-0.4, -0.2) is 66.0 Å². The Bertz CT molecular complexity index is 925. The molecule has 3 unspecified atom stereocenters. The Morgan fingerprint density at radius 2 is 1.86 bits per heavy atom. The minimum Gasteiger partial charge on any atom is -0.480 e. The number of carboxylic acids is 1. The molecule has 0 aliphatic carbocycles. The SMILES string of the molecule is CCC1(c2cccc(OC(=O)CC(NC(C)=O)C(=O)NC(C(=O)O)C(C)C)c2)CCCCN(C)C1.S. The molecule has 1 aromatic rings. The van der Waals surface area contributed by atoms with E-state index in [4.69, 9.17) is 4.74 Å². The van der Waals surface area contributed by atoms with Gasteiger partial charge in [0.15, 0.2) is 0 Å². The van der Waals surface area contributed by atoms with Crippen molar-refractivity contribution < 1.29 is 29.0 Å². The summed E-state index contributed by atoms with van der Waals surface area (Å²) in [5.41, 5.74) is 1.08. The second kappa shape index (κ2) is 14.2. The monoisotopic (exact) mass is 523 g/mol. The summed E-state index contributed by atoms with van der Waals surface area (Å²) in [6.07, 6.45) is 3.86. The van der Waals surface area contributed by atoms with Crippen molar-refractivity contribution in [2.45, 2.75) is 77.3 Å². The zero-order valence-corrected chi connectivity index (χ0v) is 22.9. The molecule has 0 spiro atoms. The molecule has 1 fully saturated rings. The minimum atomic E-state index is -1.25. The molecule has 1 aliphatic rings. The molecule has 9 nitrogen and oxygen atoms in total. The molecule has 36 heavy (non-hydrogen) atoms. The van der Waals surface area contributed by atoms with Crippen LogP contribution in [0.25, 0.3) is 0 Å². The van der Waals surface area contributed by atoms with E-state index in [1.807, 2.05) is 12.1 Å². The number of likely N-dealkylation sites (tertiary alicyclic amines) is 1.